The molecule has 6 nitrogen and oxygen atoms in total. The Kier molecular flexibility index (Phi) is 54.8. The molecule has 0 aromatic rings. The maximum absolute atomic E-state index is 12.8. The van der Waals surface area contributed by atoms with E-state index in [1.165, 1.54) is 186 Å². The van der Waals surface area contributed by atoms with Crippen molar-refractivity contribution in [3.63, 3.8) is 0 Å². The van der Waals surface area contributed by atoms with Gasteiger partial charge in [0.25, 0.3) is 0 Å². The molecule has 1 atom stereocenters. The first-order valence-electron chi connectivity index (χ1n) is 29.6. The third-order valence-corrected chi connectivity index (χ3v) is 13.1. The van der Waals surface area contributed by atoms with Crippen LogP contribution in [0.15, 0.2) is 48.6 Å². The Morgan fingerprint density at radius 2 is 0.529 bits per heavy atom. The van der Waals surface area contributed by atoms with Crippen LogP contribution in [0.5, 0.6) is 0 Å². The molecule has 0 radical (unpaired) electrons. The van der Waals surface area contributed by atoms with Crippen molar-refractivity contribution in [2.45, 2.75) is 316 Å². The standard InChI is InChI=1S/C62H112O6/c1-4-7-10-13-16-19-22-24-26-28-29-30-31-32-33-34-36-37-40-43-46-49-52-55-61(64)67-58-59(57-66-60(63)54-51-48-45-42-39-21-18-15-12-9-6-3)68-62(65)56-53-50-47-44-41-38-35-27-25-23-20-17-14-11-8-5-2/h22,24,27-29,31-32,35,59H,4-21,23,25-26,30,33-34,36-58H2,1-3H3/b24-22-,29-28-,32-31-,35-27-. The fourth-order valence-electron chi connectivity index (χ4n) is 8.56. The van der Waals surface area contributed by atoms with Gasteiger partial charge >= 0.3 is 17.9 Å². The second kappa shape index (κ2) is 57.0. The summed E-state index contributed by atoms with van der Waals surface area (Å²) in [7, 11) is 0. The van der Waals surface area contributed by atoms with Crippen molar-refractivity contribution in [2.24, 2.45) is 0 Å². The van der Waals surface area contributed by atoms with Crippen LogP contribution >= 0.6 is 0 Å². The summed E-state index contributed by atoms with van der Waals surface area (Å²) in [6.45, 7) is 6.64. The summed E-state index contributed by atoms with van der Waals surface area (Å²) in [5.74, 6) is -0.879. The molecule has 6 heteroatoms. The zero-order chi connectivity index (χ0) is 49.3. The summed E-state index contributed by atoms with van der Waals surface area (Å²) in [6, 6.07) is 0. The second-order valence-corrected chi connectivity index (χ2v) is 19.9. The largest absolute Gasteiger partial charge is 0.462 e. The molecule has 0 aliphatic rings. The molecule has 0 heterocycles. The number of esters is 3. The van der Waals surface area contributed by atoms with Gasteiger partial charge in [0.2, 0.25) is 0 Å². The van der Waals surface area contributed by atoms with E-state index in [1.807, 2.05) is 0 Å². The number of ether oxygens (including phenoxy) is 3. The Labute approximate surface area is 422 Å². The SMILES string of the molecule is CCCCCCC/C=C\C/C=C\C/C=C\CCCCCCCCCCC(=O)OCC(COC(=O)CCCCCCCCCCCCC)OC(=O)CCCCCCC/C=C\CCCCCCCCC. The van der Waals surface area contributed by atoms with Crippen LogP contribution in [-0.4, -0.2) is 37.2 Å². The van der Waals surface area contributed by atoms with Gasteiger partial charge in [-0.2, -0.15) is 0 Å². The molecule has 0 N–H and O–H groups in total. The molecule has 0 fully saturated rings. The van der Waals surface area contributed by atoms with E-state index in [0.717, 1.165) is 83.5 Å². The van der Waals surface area contributed by atoms with Crippen molar-refractivity contribution in [1.82, 2.24) is 0 Å². The first-order chi connectivity index (χ1) is 33.5. The fraction of sp³-hybridized carbons (Fsp3) is 0.823. The van der Waals surface area contributed by atoms with E-state index in [9.17, 15) is 14.4 Å². The van der Waals surface area contributed by atoms with Crippen molar-refractivity contribution in [1.29, 1.82) is 0 Å². The minimum absolute atomic E-state index is 0.0760. The minimum atomic E-state index is -0.778. The molecule has 68 heavy (non-hydrogen) atoms. The van der Waals surface area contributed by atoms with Gasteiger partial charge in [0.1, 0.15) is 13.2 Å². The normalized spacial score (nSPS) is 12.3. The Hall–Kier alpha value is -2.63. The van der Waals surface area contributed by atoms with Crippen LogP contribution in [0, 0.1) is 0 Å². The molecule has 396 valence electrons. The number of hydrogen-bond acceptors (Lipinski definition) is 6. The van der Waals surface area contributed by atoms with E-state index >= 15 is 0 Å². The number of allylic oxidation sites excluding steroid dienone is 8. The van der Waals surface area contributed by atoms with Gasteiger partial charge in [0.05, 0.1) is 0 Å². The summed E-state index contributed by atoms with van der Waals surface area (Å²) in [4.78, 5) is 38.1. The Morgan fingerprint density at radius 3 is 0.838 bits per heavy atom. The molecule has 0 aromatic carbocycles. The van der Waals surface area contributed by atoms with E-state index in [1.54, 1.807) is 0 Å². The van der Waals surface area contributed by atoms with Gasteiger partial charge in [0.15, 0.2) is 6.10 Å². The summed E-state index contributed by atoms with van der Waals surface area (Å²) >= 11 is 0. The van der Waals surface area contributed by atoms with Crippen molar-refractivity contribution in [2.75, 3.05) is 13.2 Å². The monoisotopic (exact) mass is 953 g/mol. The van der Waals surface area contributed by atoms with Crippen LogP contribution < -0.4 is 0 Å². The van der Waals surface area contributed by atoms with Gasteiger partial charge in [-0.1, -0.05) is 256 Å². The molecular formula is C62H112O6. The van der Waals surface area contributed by atoms with Crippen LogP contribution in [0.2, 0.25) is 0 Å². The summed E-state index contributed by atoms with van der Waals surface area (Å²) < 4.78 is 16.9. The van der Waals surface area contributed by atoms with E-state index in [-0.39, 0.29) is 31.1 Å². The van der Waals surface area contributed by atoms with Crippen molar-refractivity contribution in [3.8, 4) is 0 Å². The first-order valence-corrected chi connectivity index (χ1v) is 29.6. The summed E-state index contributed by atoms with van der Waals surface area (Å²) in [5.41, 5.74) is 0. The highest BCUT2D eigenvalue weighted by atomic mass is 16.6. The van der Waals surface area contributed by atoms with Gasteiger partial charge in [0, 0.05) is 19.3 Å². The number of carbonyl (C=O) groups is 3. The molecule has 0 spiro atoms. The molecule has 0 amide bonds. The molecular weight excluding hydrogens is 841 g/mol. The highest BCUT2D eigenvalue weighted by molar-refractivity contribution is 5.71. The first kappa shape index (κ1) is 65.4. The van der Waals surface area contributed by atoms with E-state index in [0.29, 0.717) is 19.3 Å². The van der Waals surface area contributed by atoms with Crippen LogP contribution in [0.25, 0.3) is 0 Å². The summed E-state index contributed by atoms with van der Waals surface area (Å²) in [5, 5.41) is 0. The van der Waals surface area contributed by atoms with Crippen LogP contribution in [0.4, 0.5) is 0 Å². The molecule has 0 saturated carbocycles. The molecule has 0 aliphatic heterocycles. The Balaban J connectivity index is 4.30. The maximum Gasteiger partial charge on any atom is 0.306 e. The van der Waals surface area contributed by atoms with E-state index in [4.69, 9.17) is 14.2 Å². The number of hydrogen-bond donors (Lipinski definition) is 0. The van der Waals surface area contributed by atoms with Crippen LogP contribution in [0.3, 0.4) is 0 Å². The molecule has 1 unspecified atom stereocenters. The maximum atomic E-state index is 12.8. The van der Waals surface area contributed by atoms with Gasteiger partial charge in [-0.15, -0.1) is 0 Å². The van der Waals surface area contributed by atoms with Gasteiger partial charge in [-0.3, -0.25) is 14.4 Å². The quantitative estimate of drug-likeness (QED) is 0.0262. The smallest absolute Gasteiger partial charge is 0.306 e. The topological polar surface area (TPSA) is 78.9 Å². The van der Waals surface area contributed by atoms with E-state index < -0.39 is 6.10 Å². The predicted octanol–water partition coefficient (Wildman–Crippen LogP) is 19.8. The van der Waals surface area contributed by atoms with Crippen molar-refractivity contribution >= 4 is 17.9 Å². The van der Waals surface area contributed by atoms with E-state index in [2.05, 4.69) is 69.4 Å². The third kappa shape index (κ3) is 54.3. The average Bonchev–Trinajstić information content (AvgIpc) is 3.34. The lowest BCUT2D eigenvalue weighted by atomic mass is 10.1. The summed E-state index contributed by atoms with van der Waals surface area (Å²) in [6.07, 6.45) is 69.6. The molecule has 0 bridgehead atoms. The third-order valence-electron chi connectivity index (χ3n) is 13.1. The van der Waals surface area contributed by atoms with Crippen LogP contribution in [-0.2, 0) is 28.6 Å². The minimum Gasteiger partial charge on any atom is -0.462 e. The van der Waals surface area contributed by atoms with Crippen LogP contribution in [0.1, 0.15) is 310 Å². The van der Waals surface area contributed by atoms with Gasteiger partial charge < -0.3 is 14.2 Å². The molecule has 0 rings (SSSR count). The predicted molar refractivity (Wildman–Crippen MR) is 293 cm³/mol. The Bertz CT molecular complexity index is 1190. The zero-order valence-corrected chi connectivity index (χ0v) is 45.4. The number of rotatable bonds is 54. The Morgan fingerprint density at radius 1 is 0.294 bits per heavy atom. The lowest BCUT2D eigenvalue weighted by Crippen LogP contribution is -2.30. The number of unbranched alkanes of at least 4 members (excludes halogenated alkanes) is 35. The average molecular weight is 954 g/mol. The van der Waals surface area contributed by atoms with Crippen molar-refractivity contribution < 1.29 is 28.6 Å². The fourth-order valence-corrected chi connectivity index (χ4v) is 8.56. The lowest BCUT2D eigenvalue weighted by molar-refractivity contribution is -0.167. The van der Waals surface area contributed by atoms with Gasteiger partial charge in [-0.05, 0) is 83.5 Å². The second-order valence-electron chi connectivity index (χ2n) is 19.9. The van der Waals surface area contributed by atoms with Crippen molar-refractivity contribution in [3.05, 3.63) is 48.6 Å². The molecule has 0 aliphatic carbocycles. The highest BCUT2D eigenvalue weighted by Crippen LogP contribution is 2.16. The number of carbonyl (C=O) groups excluding carboxylic acids is 3. The lowest BCUT2D eigenvalue weighted by Gasteiger charge is -2.18. The highest BCUT2D eigenvalue weighted by Gasteiger charge is 2.19. The molecule has 0 aromatic heterocycles. The zero-order valence-electron chi connectivity index (χ0n) is 45.4. The molecule has 0 saturated heterocycles. The van der Waals surface area contributed by atoms with Gasteiger partial charge in [-0.25, -0.2) is 0 Å².